The average Bonchev–Trinajstić information content (AvgIpc) is 2.23. The second-order valence-corrected chi connectivity index (χ2v) is 7.02. The van der Waals surface area contributed by atoms with Crippen molar-refractivity contribution in [1.82, 2.24) is 0 Å². The van der Waals surface area contributed by atoms with E-state index in [0.29, 0.717) is 0 Å². The predicted octanol–water partition coefficient (Wildman–Crippen LogP) is -0.128. The summed E-state index contributed by atoms with van der Waals surface area (Å²) in [5.74, 6) is -0.330. The normalized spacial score (nSPS) is 16.4. The van der Waals surface area contributed by atoms with Crippen molar-refractivity contribution in [3.63, 3.8) is 0 Å². The molecule has 10 nitrogen and oxygen atoms in total. The maximum absolute atomic E-state index is 10.9. The SMILES string of the molecule is O=[N+](O)c1ccc(OC(P(=O)([O-])O)P(=O)(O)O)cc1. The molecule has 12 heteroatoms. The Balaban J connectivity index is 3.02. The second-order valence-electron chi connectivity index (χ2n) is 3.36. The summed E-state index contributed by atoms with van der Waals surface area (Å²) in [4.78, 5) is 47.1. The molecule has 1 rings (SSSR count). The van der Waals surface area contributed by atoms with Crippen LogP contribution in [0.2, 0.25) is 0 Å². The van der Waals surface area contributed by atoms with Crippen LogP contribution in [0.4, 0.5) is 5.69 Å². The van der Waals surface area contributed by atoms with E-state index in [1.54, 1.807) is 0 Å². The van der Waals surface area contributed by atoms with Gasteiger partial charge in [0.2, 0.25) is 0 Å². The van der Waals surface area contributed by atoms with Crippen molar-refractivity contribution in [3.05, 3.63) is 29.2 Å². The summed E-state index contributed by atoms with van der Waals surface area (Å²) in [6.07, 6.45) is 0. The second kappa shape index (κ2) is 5.38. The average molecular weight is 313 g/mol. The van der Waals surface area contributed by atoms with Gasteiger partial charge in [0.05, 0.1) is 4.91 Å². The standard InChI is InChI=1S/C7H9NO9P2/c9-8(10)5-1-3-6(4-2-5)17-7(18(11,12)13)19(14,15)16/h1-4,7H,(H4-,9,10,11,12,13,14,15,16). The molecule has 0 amide bonds. The van der Waals surface area contributed by atoms with Crippen molar-refractivity contribution in [3.8, 4) is 5.75 Å². The molecule has 0 saturated heterocycles. The van der Waals surface area contributed by atoms with Crippen molar-refractivity contribution < 1.29 is 43.6 Å². The zero-order chi connectivity index (χ0) is 14.8. The van der Waals surface area contributed by atoms with E-state index in [2.05, 4.69) is 4.74 Å². The summed E-state index contributed by atoms with van der Waals surface area (Å²) < 4.78 is 26.2. The molecule has 0 spiro atoms. The lowest BCUT2D eigenvalue weighted by Crippen LogP contribution is -2.23. The van der Waals surface area contributed by atoms with Crippen molar-refractivity contribution >= 4 is 20.9 Å². The Kier molecular flexibility index (Phi) is 4.46. The summed E-state index contributed by atoms with van der Waals surface area (Å²) in [6, 6.07) is 3.97. The fourth-order valence-electron chi connectivity index (χ4n) is 1.10. The molecule has 19 heavy (non-hydrogen) atoms. The molecule has 0 heterocycles. The van der Waals surface area contributed by atoms with E-state index in [0.717, 1.165) is 24.3 Å². The Hall–Kier alpha value is -1.28. The van der Waals surface area contributed by atoms with Crippen LogP contribution in [0.25, 0.3) is 0 Å². The van der Waals surface area contributed by atoms with Gasteiger partial charge in [-0.3, -0.25) is 4.57 Å². The third kappa shape index (κ3) is 4.39. The lowest BCUT2D eigenvalue weighted by molar-refractivity contribution is -0.729. The van der Waals surface area contributed by atoms with Crippen molar-refractivity contribution in [1.29, 1.82) is 0 Å². The summed E-state index contributed by atoms with van der Waals surface area (Å²) >= 11 is 0. The minimum atomic E-state index is -5.45. The number of ether oxygens (including phenoxy) is 1. The zero-order valence-corrected chi connectivity index (χ0v) is 10.8. The molecule has 0 aliphatic carbocycles. The smallest absolute Gasteiger partial charge is 0.374 e. The molecule has 4 N–H and O–H groups in total. The van der Waals surface area contributed by atoms with Crippen LogP contribution in [0.3, 0.4) is 0 Å². The fraction of sp³-hybridized carbons (Fsp3) is 0.143. The Labute approximate surface area is 106 Å². The van der Waals surface area contributed by atoms with Gasteiger partial charge in [0.15, 0.2) is 7.60 Å². The van der Waals surface area contributed by atoms with Gasteiger partial charge in [-0.25, -0.2) is 5.21 Å². The Morgan fingerprint density at radius 2 is 1.63 bits per heavy atom. The third-order valence-electron chi connectivity index (χ3n) is 1.87. The van der Waals surface area contributed by atoms with E-state index in [-0.39, 0.29) is 11.4 Å². The number of hydrogen-bond donors (Lipinski definition) is 4. The summed E-state index contributed by atoms with van der Waals surface area (Å²) in [5.41, 5.74) is -2.96. The van der Waals surface area contributed by atoms with Crippen LogP contribution in [0.15, 0.2) is 24.3 Å². The van der Waals surface area contributed by atoms with Gasteiger partial charge in [-0.1, -0.05) is 0 Å². The van der Waals surface area contributed by atoms with Crippen LogP contribution in [-0.2, 0) is 9.13 Å². The highest BCUT2D eigenvalue weighted by molar-refractivity contribution is 7.69. The van der Waals surface area contributed by atoms with Gasteiger partial charge in [-0.15, -0.1) is 0 Å². The largest absolute Gasteiger partial charge is 0.776 e. The van der Waals surface area contributed by atoms with Gasteiger partial charge in [0.25, 0.3) is 10.5 Å². The van der Waals surface area contributed by atoms with Gasteiger partial charge < -0.3 is 28.9 Å². The molecule has 0 aliphatic rings. The lowest BCUT2D eigenvalue weighted by atomic mass is 10.3. The van der Waals surface area contributed by atoms with E-state index in [1.807, 2.05) is 0 Å². The van der Waals surface area contributed by atoms with Gasteiger partial charge in [-0.05, 0) is 12.1 Å². The Morgan fingerprint density at radius 3 is 1.95 bits per heavy atom. The van der Waals surface area contributed by atoms with Crippen LogP contribution in [0.1, 0.15) is 0 Å². The molecule has 2 unspecified atom stereocenters. The molecule has 0 fully saturated rings. The molecule has 0 saturated carbocycles. The molecule has 1 aromatic rings. The highest BCUT2D eigenvalue weighted by Crippen LogP contribution is 2.57. The first-order valence-electron chi connectivity index (χ1n) is 4.53. The van der Waals surface area contributed by atoms with Gasteiger partial charge >= 0.3 is 13.3 Å². The Bertz CT molecular complexity index is 536. The summed E-state index contributed by atoms with van der Waals surface area (Å²) in [6.45, 7) is 0. The van der Waals surface area contributed by atoms with Gasteiger partial charge in [-0.2, -0.15) is 0 Å². The molecule has 0 bridgehead atoms. The van der Waals surface area contributed by atoms with Gasteiger partial charge in [0, 0.05) is 12.1 Å². The first kappa shape index (κ1) is 15.8. The molecule has 0 radical (unpaired) electrons. The molecule has 0 aliphatic heterocycles. The molecule has 2 atom stereocenters. The highest BCUT2D eigenvalue weighted by atomic mass is 31.2. The number of rotatable bonds is 5. The lowest BCUT2D eigenvalue weighted by Gasteiger charge is -2.27. The van der Waals surface area contributed by atoms with Crippen molar-refractivity contribution in [2.75, 3.05) is 0 Å². The van der Waals surface area contributed by atoms with Gasteiger partial charge in [0.1, 0.15) is 5.75 Å². The first-order valence-corrected chi connectivity index (χ1v) is 7.86. The summed E-state index contributed by atoms with van der Waals surface area (Å²) in [5, 5.41) is 8.53. The molecular weight excluding hydrogens is 304 g/mol. The summed E-state index contributed by atoms with van der Waals surface area (Å²) in [7, 11) is -10.7. The third-order valence-corrected chi connectivity index (χ3v) is 4.99. The minimum absolute atomic E-state index is 0.214. The van der Waals surface area contributed by atoms with Crippen molar-refractivity contribution in [2.45, 2.75) is 5.59 Å². The molecule has 1 aromatic carbocycles. The fourth-order valence-corrected chi connectivity index (χ4v) is 3.13. The van der Waals surface area contributed by atoms with E-state index in [4.69, 9.17) is 19.9 Å². The van der Waals surface area contributed by atoms with Crippen molar-refractivity contribution in [2.24, 2.45) is 0 Å². The van der Waals surface area contributed by atoms with Crippen LogP contribution < -0.4 is 9.63 Å². The van der Waals surface area contributed by atoms with E-state index >= 15 is 0 Å². The molecule has 0 aromatic heterocycles. The topological polar surface area (TPSA) is 167 Å². The first-order chi connectivity index (χ1) is 8.51. The van der Waals surface area contributed by atoms with Crippen LogP contribution in [-0.4, -0.2) is 30.4 Å². The maximum Gasteiger partial charge on any atom is 0.374 e. The van der Waals surface area contributed by atoms with E-state index in [1.165, 1.54) is 0 Å². The van der Waals surface area contributed by atoms with E-state index in [9.17, 15) is 18.9 Å². The predicted molar refractivity (Wildman–Crippen MR) is 57.8 cm³/mol. The maximum atomic E-state index is 10.9. The van der Waals surface area contributed by atoms with Crippen LogP contribution in [0, 0.1) is 4.91 Å². The van der Waals surface area contributed by atoms with Crippen LogP contribution >= 0.6 is 15.2 Å². The Morgan fingerprint density at radius 1 is 1.16 bits per heavy atom. The zero-order valence-electron chi connectivity index (χ0n) is 9.06. The molecule has 106 valence electrons. The minimum Gasteiger partial charge on any atom is -0.776 e. The van der Waals surface area contributed by atoms with Crippen LogP contribution in [0.5, 0.6) is 5.75 Å². The quantitative estimate of drug-likeness (QED) is 0.427. The number of benzene rings is 1. The monoisotopic (exact) mass is 313 g/mol. The molecular formula is C7H9NO9P2. The highest BCUT2D eigenvalue weighted by Gasteiger charge is 2.39. The number of hydrogen-bond acceptors (Lipinski definition) is 5. The number of nitrogens with zero attached hydrogens (tertiary/aromatic N) is 1. The van der Waals surface area contributed by atoms with E-state index < -0.39 is 25.7 Å².